The molecule has 1 aromatic heterocycles. The van der Waals surface area contributed by atoms with Gasteiger partial charge in [-0.3, -0.25) is 4.79 Å². The molecule has 1 amide bonds. The predicted molar refractivity (Wildman–Crippen MR) is 127 cm³/mol. The van der Waals surface area contributed by atoms with Gasteiger partial charge in [-0.15, -0.1) is 0 Å². The summed E-state index contributed by atoms with van der Waals surface area (Å²) in [7, 11) is 1.62. The normalized spacial score (nSPS) is 14.5. The zero-order valence-corrected chi connectivity index (χ0v) is 19.2. The third-order valence-corrected chi connectivity index (χ3v) is 5.79. The summed E-state index contributed by atoms with van der Waals surface area (Å²) in [4.78, 5) is 23.4. The zero-order valence-electron chi connectivity index (χ0n) is 19.2. The standard InChI is InChI=1S/C25H26F3N5O2/c1-35-21-8-6-19(7-9-21)30-22-10-13-29-24(32-22)33-14-11-20(12-15-33)31-23(34)16-17-2-4-18(5-3-17)25(26,27)28/h2-10,13,20H,11-12,14-16H2,1H3,(H,31,34)(H,29,30,32). The van der Waals surface area contributed by atoms with Gasteiger partial charge in [0.05, 0.1) is 19.1 Å². The van der Waals surface area contributed by atoms with Gasteiger partial charge in [0.15, 0.2) is 0 Å². The molecule has 0 atom stereocenters. The van der Waals surface area contributed by atoms with Crippen LogP contribution in [0.3, 0.4) is 0 Å². The largest absolute Gasteiger partial charge is 0.497 e. The molecule has 0 aliphatic carbocycles. The van der Waals surface area contributed by atoms with Crippen LogP contribution in [0.25, 0.3) is 0 Å². The minimum Gasteiger partial charge on any atom is -0.497 e. The SMILES string of the molecule is COc1ccc(Nc2ccnc(N3CCC(NC(=O)Cc4ccc(C(F)(F)F)cc4)CC3)n2)cc1. The molecule has 1 aliphatic rings. The quantitative estimate of drug-likeness (QED) is 0.510. The van der Waals surface area contributed by atoms with Gasteiger partial charge in [-0.1, -0.05) is 12.1 Å². The molecule has 2 N–H and O–H groups in total. The minimum absolute atomic E-state index is 0.00574. The number of amides is 1. The lowest BCUT2D eigenvalue weighted by Crippen LogP contribution is -2.45. The van der Waals surface area contributed by atoms with Crippen molar-refractivity contribution >= 4 is 23.4 Å². The average Bonchev–Trinajstić information content (AvgIpc) is 2.85. The molecule has 1 aliphatic heterocycles. The smallest absolute Gasteiger partial charge is 0.416 e. The van der Waals surface area contributed by atoms with E-state index in [0.717, 1.165) is 36.4 Å². The number of ether oxygens (including phenoxy) is 1. The molecule has 4 rings (SSSR count). The Hall–Kier alpha value is -3.82. The van der Waals surface area contributed by atoms with E-state index >= 15 is 0 Å². The first kappa shape index (κ1) is 24.3. The fraction of sp³-hybridized carbons (Fsp3) is 0.320. The monoisotopic (exact) mass is 485 g/mol. The molecule has 0 spiro atoms. The number of halogens is 3. The van der Waals surface area contributed by atoms with E-state index in [2.05, 4.69) is 25.5 Å². The molecular formula is C25H26F3N5O2. The van der Waals surface area contributed by atoms with Gasteiger partial charge in [-0.2, -0.15) is 18.2 Å². The second-order valence-electron chi connectivity index (χ2n) is 8.30. The Morgan fingerprint density at radius 2 is 1.74 bits per heavy atom. The number of piperidine rings is 1. The summed E-state index contributed by atoms with van der Waals surface area (Å²) in [6, 6.07) is 14.0. The Morgan fingerprint density at radius 3 is 2.37 bits per heavy atom. The molecule has 1 fully saturated rings. The highest BCUT2D eigenvalue weighted by Crippen LogP contribution is 2.29. The molecule has 0 saturated carbocycles. The van der Waals surface area contributed by atoms with Crippen molar-refractivity contribution in [1.82, 2.24) is 15.3 Å². The Morgan fingerprint density at radius 1 is 1.06 bits per heavy atom. The van der Waals surface area contributed by atoms with Crippen molar-refractivity contribution in [2.24, 2.45) is 0 Å². The van der Waals surface area contributed by atoms with Crippen molar-refractivity contribution in [3.05, 3.63) is 71.9 Å². The molecule has 10 heteroatoms. The fourth-order valence-electron chi connectivity index (χ4n) is 3.89. The lowest BCUT2D eigenvalue weighted by molar-refractivity contribution is -0.137. The molecule has 3 aromatic rings. The van der Waals surface area contributed by atoms with Crippen LogP contribution in [0.1, 0.15) is 24.0 Å². The van der Waals surface area contributed by atoms with Crippen LogP contribution in [0.2, 0.25) is 0 Å². The van der Waals surface area contributed by atoms with Gasteiger partial charge in [-0.25, -0.2) is 4.98 Å². The van der Waals surface area contributed by atoms with Gasteiger partial charge in [0.2, 0.25) is 11.9 Å². The molecule has 184 valence electrons. The lowest BCUT2D eigenvalue weighted by atomic mass is 10.0. The highest BCUT2D eigenvalue weighted by atomic mass is 19.4. The second-order valence-corrected chi connectivity index (χ2v) is 8.30. The van der Waals surface area contributed by atoms with Crippen LogP contribution in [-0.2, 0) is 17.4 Å². The third-order valence-electron chi connectivity index (χ3n) is 5.79. The molecule has 0 unspecified atom stereocenters. The summed E-state index contributed by atoms with van der Waals surface area (Å²) in [6.45, 7) is 1.36. The average molecular weight is 486 g/mol. The maximum atomic E-state index is 12.7. The van der Waals surface area contributed by atoms with Gasteiger partial charge in [0.1, 0.15) is 11.6 Å². The third kappa shape index (κ3) is 6.62. The molecule has 35 heavy (non-hydrogen) atoms. The molecule has 7 nitrogen and oxygen atoms in total. The van der Waals surface area contributed by atoms with Crippen molar-refractivity contribution in [2.45, 2.75) is 31.5 Å². The maximum Gasteiger partial charge on any atom is 0.416 e. The van der Waals surface area contributed by atoms with E-state index in [4.69, 9.17) is 4.74 Å². The number of aromatic nitrogens is 2. The summed E-state index contributed by atoms with van der Waals surface area (Å²) in [5.74, 6) is 1.85. The fourth-order valence-corrected chi connectivity index (χ4v) is 3.89. The summed E-state index contributed by atoms with van der Waals surface area (Å²) in [5.41, 5.74) is 0.701. The van der Waals surface area contributed by atoms with Gasteiger partial charge >= 0.3 is 6.18 Å². The Kier molecular flexibility index (Phi) is 7.38. The van der Waals surface area contributed by atoms with E-state index in [-0.39, 0.29) is 18.4 Å². The number of alkyl halides is 3. The van der Waals surface area contributed by atoms with Crippen molar-refractivity contribution in [3.63, 3.8) is 0 Å². The summed E-state index contributed by atoms with van der Waals surface area (Å²) in [6.07, 6.45) is -1.20. The second kappa shape index (κ2) is 10.6. The van der Waals surface area contributed by atoms with E-state index in [1.807, 2.05) is 24.3 Å². The number of benzene rings is 2. The first-order chi connectivity index (χ1) is 16.8. The van der Waals surface area contributed by atoms with E-state index in [0.29, 0.717) is 30.4 Å². The number of carbonyl (C=O) groups excluding carboxylic acids is 1. The van der Waals surface area contributed by atoms with E-state index in [1.54, 1.807) is 19.4 Å². The van der Waals surface area contributed by atoms with Crippen LogP contribution in [0.4, 0.5) is 30.6 Å². The zero-order chi connectivity index (χ0) is 24.8. The molecule has 2 heterocycles. The lowest BCUT2D eigenvalue weighted by Gasteiger charge is -2.32. The van der Waals surface area contributed by atoms with Crippen LogP contribution in [0, 0.1) is 0 Å². The van der Waals surface area contributed by atoms with Crippen LogP contribution >= 0.6 is 0 Å². The molecule has 0 radical (unpaired) electrons. The Bertz CT molecular complexity index is 1130. The van der Waals surface area contributed by atoms with Crippen molar-refractivity contribution in [1.29, 1.82) is 0 Å². The predicted octanol–water partition coefficient (Wildman–Crippen LogP) is 4.58. The van der Waals surface area contributed by atoms with Crippen LogP contribution < -0.4 is 20.3 Å². The summed E-state index contributed by atoms with van der Waals surface area (Å²) >= 11 is 0. The highest BCUT2D eigenvalue weighted by molar-refractivity contribution is 5.78. The number of hydrogen-bond acceptors (Lipinski definition) is 6. The summed E-state index contributed by atoms with van der Waals surface area (Å²) in [5, 5.41) is 6.24. The number of hydrogen-bond donors (Lipinski definition) is 2. The molecule has 1 saturated heterocycles. The molecule has 0 bridgehead atoms. The first-order valence-electron chi connectivity index (χ1n) is 11.2. The van der Waals surface area contributed by atoms with Crippen molar-refractivity contribution in [3.8, 4) is 5.75 Å². The van der Waals surface area contributed by atoms with Gasteiger partial charge in [-0.05, 0) is 60.9 Å². The van der Waals surface area contributed by atoms with E-state index in [1.165, 1.54) is 12.1 Å². The van der Waals surface area contributed by atoms with Crippen LogP contribution in [-0.4, -0.2) is 42.1 Å². The van der Waals surface area contributed by atoms with Crippen molar-refractivity contribution < 1.29 is 22.7 Å². The van der Waals surface area contributed by atoms with E-state index in [9.17, 15) is 18.0 Å². The molecule has 2 aromatic carbocycles. The maximum absolute atomic E-state index is 12.7. The summed E-state index contributed by atoms with van der Waals surface area (Å²) < 4.78 is 43.2. The minimum atomic E-state index is -4.39. The Labute approximate surface area is 201 Å². The number of nitrogens with zero attached hydrogens (tertiary/aromatic N) is 3. The molecular weight excluding hydrogens is 459 g/mol. The van der Waals surface area contributed by atoms with Crippen molar-refractivity contribution in [2.75, 3.05) is 30.4 Å². The van der Waals surface area contributed by atoms with Crippen LogP contribution in [0.5, 0.6) is 5.75 Å². The number of rotatable bonds is 7. The topological polar surface area (TPSA) is 79.4 Å². The number of methoxy groups -OCH3 is 1. The van der Waals surface area contributed by atoms with Gasteiger partial charge in [0.25, 0.3) is 0 Å². The highest BCUT2D eigenvalue weighted by Gasteiger charge is 2.30. The van der Waals surface area contributed by atoms with E-state index < -0.39 is 11.7 Å². The number of anilines is 3. The Balaban J connectivity index is 1.27. The van der Waals surface area contributed by atoms with Gasteiger partial charge < -0.3 is 20.3 Å². The number of carbonyl (C=O) groups is 1. The first-order valence-corrected chi connectivity index (χ1v) is 11.2. The van der Waals surface area contributed by atoms with Gasteiger partial charge in [0, 0.05) is 31.0 Å². The van der Waals surface area contributed by atoms with Crippen LogP contribution in [0.15, 0.2) is 60.8 Å². The number of nitrogens with one attached hydrogen (secondary N) is 2.